The second-order valence-electron chi connectivity index (χ2n) is 4.19. The van der Waals surface area contributed by atoms with Gasteiger partial charge in [0.05, 0.1) is 5.56 Å². The Morgan fingerprint density at radius 1 is 1.41 bits per heavy atom. The Bertz CT molecular complexity index is 414. The third-order valence-corrected chi connectivity index (χ3v) is 2.84. The van der Waals surface area contributed by atoms with Crippen molar-refractivity contribution in [2.75, 3.05) is 5.73 Å². The Morgan fingerprint density at radius 3 is 2.53 bits per heavy atom. The van der Waals surface area contributed by atoms with E-state index in [-0.39, 0.29) is 11.6 Å². The number of hydrogen-bond acceptors (Lipinski definition) is 2. The Balaban J connectivity index is 2.96. The maximum atomic E-state index is 13.8. The number of anilines is 1. The summed E-state index contributed by atoms with van der Waals surface area (Å²) in [6.45, 7) is 5.56. The number of halogens is 1. The number of aryl methyl sites for hydroxylation is 1. The molecule has 0 aliphatic heterocycles. The van der Waals surface area contributed by atoms with Crippen molar-refractivity contribution in [3.8, 4) is 0 Å². The molecule has 0 aliphatic carbocycles. The Hall–Kier alpha value is -1.58. The zero-order valence-corrected chi connectivity index (χ0v) is 10.5. The molecule has 0 saturated carbocycles. The second kappa shape index (κ2) is 5.66. The van der Waals surface area contributed by atoms with E-state index in [9.17, 15) is 9.18 Å². The minimum atomic E-state index is -0.498. The predicted molar refractivity (Wildman–Crippen MR) is 67.4 cm³/mol. The molecule has 0 aliphatic rings. The van der Waals surface area contributed by atoms with Crippen LogP contribution >= 0.6 is 0 Å². The van der Waals surface area contributed by atoms with Crippen LogP contribution in [-0.4, -0.2) is 11.9 Å². The van der Waals surface area contributed by atoms with Crippen LogP contribution in [0.4, 0.5) is 10.1 Å². The highest BCUT2D eigenvalue weighted by Crippen LogP contribution is 2.17. The molecule has 94 valence electrons. The summed E-state index contributed by atoms with van der Waals surface area (Å²) in [5, 5.41) is 2.79. The molecular weight excluding hydrogens is 219 g/mol. The van der Waals surface area contributed by atoms with Crippen molar-refractivity contribution in [3.05, 3.63) is 29.1 Å². The summed E-state index contributed by atoms with van der Waals surface area (Å²) >= 11 is 0. The van der Waals surface area contributed by atoms with Crippen LogP contribution in [0.5, 0.6) is 0 Å². The van der Waals surface area contributed by atoms with Crippen molar-refractivity contribution in [2.24, 2.45) is 0 Å². The largest absolute Gasteiger partial charge is 0.399 e. The lowest BCUT2D eigenvalue weighted by Crippen LogP contribution is -2.34. The van der Waals surface area contributed by atoms with Crippen molar-refractivity contribution < 1.29 is 9.18 Å². The molecule has 0 spiro atoms. The number of carbonyl (C=O) groups is 1. The highest BCUT2D eigenvalue weighted by atomic mass is 19.1. The minimum absolute atomic E-state index is 0.0226. The first-order valence-corrected chi connectivity index (χ1v) is 5.86. The molecule has 3 nitrogen and oxygen atoms in total. The number of carbonyl (C=O) groups excluding carboxylic acids is 1. The van der Waals surface area contributed by atoms with Gasteiger partial charge in [-0.25, -0.2) is 4.39 Å². The van der Waals surface area contributed by atoms with E-state index in [1.807, 2.05) is 13.8 Å². The summed E-state index contributed by atoms with van der Waals surface area (Å²) in [5.74, 6) is -0.894. The first-order valence-electron chi connectivity index (χ1n) is 5.86. The van der Waals surface area contributed by atoms with Gasteiger partial charge in [0.2, 0.25) is 0 Å². The number of rotatable bonds is 4. The van der Waals surface area contributed by atoms with E-state index in [1.165, 1.54) is 12.1 Å². The predicted octanol–water partition coefficient (Wildman–Crippen LogP) is 2.63. The molecule has 3 N–H and O–H groups in total. The standard InChI is InChI=1S/C13H19FN2O/c1-4-10(5-2)16-13(17)11-7-9(15)6-8(3)12(11)14/h6-7,10H,4-5,15H2,1-3H3,(H,16,17). The Labute approximate surface area is 101 Å². The highest BCUT2D eigenvalue weighted by Gasteiger charge is 2.16. The maximum Gasteiger partial charge on any atom is 0.254 e. The number of nitrogens with one attached hydrogen (secondary N) is 1. The third-order valence-electron chi connectivity index (χ3n) is 2.84. The molecule has 1 aromatic rings. The fourth-order valence-electron chi connectivity index (χ4n) is 1.72. The monoisotopic (exact) mass is 238 g/mol. The average molecular weight is 238 g/mol. The van der Waals surface area contributed by atoms with Crippen LogP contribution in [0.1, 0.15) is 42.6 Å². The Morgan fingerprint density at radius 2 is 2.00 bits per heavy atom. The van der Waals surface area contributed by atoms with Crippen LogP contribution in [0.15, 0.2) is 12.1 Å². The van der Waals surface area contributed by atoms with Crippen molar-refractivity contribution >= 4 is 11.6 Å². The molecule has 0 bridgehead atoms. The molecule has 1 amide bonds. The average Bonchev–Trinajstić information content (AvgIpc) is 2.30. The van der Waals surface area contributed by atoms with Crippen molar-refractivity contribution in [1.82, 2.24) is 5.32 Å². The van der Waals surface area contributed by atoms with Crippen LogP contribution < -0.4 is 11.1 Å². The van der Waals surface area contributed by atoms with Crippen LogP contribution in [0.25, 0.3) is 0 Å². The molecule has 1 aromatic carbocycles. The lowest BCUT2D eigenvalue weighted by molar-refractivity contribution is 0.0930. The van der Waals surface area contributed by atoms with Crippen molar-refractivity contribution in [2.45, 2.75) is 39.7 Å². The summed E-state index contributed by atoms with van der Waals surface area (Å²) in [6, 6.07) is 2.96. The summed E-state index contributed by atoms with van der Waals surface area (Å²) in [6.07, 6.45) is 1.65. The van der Waals surface area contributed by atoms with E-state index in [1.54, 1.807) is 6.92 Å². The summed E-state index contributed by atoms with van der Waals surface area (Å²) in [7, 11) is 0. The quantitative estimate of drug-likeness (QED) is 0.792. The fourth-order valence-corrected chi connectivity index (χ4v) is 1.72. The summed E-state index contributed by atoms with van der Waals surface area (Å²) in [5.41, 5.74) is 6.43. The zero-order valence-electron chi connectivity index (χ0n) is 10.5. The van der Waals surface area contributed by atoms with E-state index < -0.39 is 11.7 Å². The van der Waals surface area contributed by atoms with Gasteiger partial charge in [0.25, 0.3) is 5.91 Å². The van der Waals surface area contributed by atoms with Crippen LogP contribution in [-0.2, 0) is 0 Å². The highest BCUT2D eigenvalue weighted by molar-refractivity contribution is 5.95. The maximum absolute atomic E-state index is 13.8. The number of amides is 1. The molecule has 0 unspecified atom stereocenters. The van der Waals surface area contributed by atoms with Gasteiger partial charge in [-0.2, -0.15) is 0 Å². The lowest BCUT2D eigenvalue weighted by atomic mass is 10.1. The van der Waals surface area contributed by atoms with E-state index in [0.717, 1.165) is 12.8 Å². The summed E-state index contributed by atoms with van der Waals surface area (Å²) in [4.78, 5) is 11.9. The molecular formula is C13H19FN2O. The van der Waals surface area contributed by atoms with Gasteiger partial charge in [0, 0.05) is 11.7 Å². The van der Waals surface area contributed by atoms with Gasteiger partial charge in [-0.3, -0.25) is 4.79 Å². The molecule has 0 aromatic heterocycles. The fraction of sp³-hybridized carbons (Fsp3) is 0.462. The van der Waals surface area contributed by atoms with E-state index in [0.29, 0.717) is 11.3 Å². The normalized spacial score (nSPS) is 10.6. The van der Waals surface area contributed by atoms with Gasteiger partial charge in [0.15, 0.2) is 0 Å². The van der Waals surface area contributed by atoms with E-state index in [2.05, 4.69) is 5.32 Å². The van der Waals surface area contributed by atoms with Crippen molar-refractivity contribution in [1.29, 1.82) is 0 Å². The zero-order chi connectivity index (χ0) is 13.0. The van der Waals surface area contributed by atoms with Gasteiger partial charge < -0.3 is 11.1 Å². The molecule has 0 heterocycles. The van der Waals surface area contributed by atoms with Gasteiger partial charge in [-0.05, 0) is 37.5 Å². The number of nitrogens with two attached hydrogens (primary N) is 1. The number of benzene rings is 1. The molecule has 0 atom stereocenters. The van der Waals surface area contributed by atoms with Crippen molar-refractivity contribution in [3.63, 3.8) is 0 Å². The topological polar surface area (TPSA) is 55.1 Å². The third kappa shape index (κ3) is 3.19. The molecule has 1 rings (SSSR count). The van der Waals surface area contributed by atoms with Gasteiger partial charge in [-0.15, -0.1) is 0 Å². The first-order chi connectivity index (χ1) is 7.99. The molecule has 17 heavy (non-hydrogen) atoms. The molecule has 4 heteroatoms. The number of nitrogen functional groups attached to an aromatic ring is 1. The molecule has 0 radical (unpaired) electrons. The van der Waals surface area contributed by atoms with Gasteiger partial charge in [0.1, 0.15) is 5.82 Å². The van der Waals surface area contributed by atoms with Gasteiger partial charge >= 0.3 is 0 Å². The SMILES string of the molecule is CCC(CC)NC(=O)c1cc(N)cc(C)c1F. The van der Waals surface area contributed by atoms with Crippen LogP contribution in [0.2, 0.25) is 0 Å². The first kappa shape index (κ1) is 13.5. The Kier molecular flexibility index (Phi) is 4.49. The van der Waals surface area contributed by atoms with E-state index >= 15 is 0 Å². The van der Waals surface area contributed by atoms with E-state index in [4.69, 9.17) is 5.73 Å². The smallest absolute Gasteiger partial charge is 0.254 e. The van der Waals surface area contributed by atoms with Crippen LogP contribution in [0.3, 0.4) is 0 Å². The molecule has 0 saturated heterocycles. The lowest BCUT2D eigenvalue weighted by Gasteiger charge is -2.15. The number of hydrogen-bond donors (Lipinski definition) is 2. The van der Waals surface area contributed by atoms with Crippen LogP contribution in [0, 0.1) is 12.7 Å². The second-order valence-corrected chi connectivity index (χ2v) is 4.19. The minimum Gasteiger partial charge on any atom is -0.399 e. The molecule has 0 fully saturated rings. The summed E-state index contributed by atoms with van der Waals surface area (Å²) < 4.78 is 13.8. The van der Waals surface area contributed by atoms with Gasteiger partial charge in [-0.1, -0.05) is 13.8 Å².